The fourth-order valence-corrected chi connectivity index (χ4v) is 3.22. The van der Waals surface area contributed by atoms with Gasteiger partial charge in [-0.25, -0.2) is 0 Å². The zero-order valence-corrected chi connectivity index (χ0v) is 12.3. The summed E-state index contributed by atoms with van der Waals surface area (Å²) >= 11 is 1.45. The molecule has 20 heavy (non-hydrogen) atoms. The molecule has 1 aromatic carbocycles. The fourth-order valence-electron chi connectivity index (χ4n) is 2.23. The standard InChI is InChI=1S/C14H18F3NOS/c1-13(2)6-5-10(19-13)8-20-12-4-3-9(7-11(12)18)14(15,16)17/h3-4,7,10H,5-6,8,18H2,1-2H3. The number of alkyl halides is 3. The van der Waals surface area contributed by atoms with Crippen LogP contribution in [-0.2, 0) is 10.9 Å². The largest absolute Gasteiger partial charge is 0.416 e. The van der Waals surface area contributed by atoms with Crippen molar-refractivity contribution < 1.29 is 17.9 Å². The zero-order chi connectivity index (χ0) is 15.0. The maximum absolute atomic E-state index is 12.5. The van der Waals surface area contributed by atoms with E-state index in [0.717, 1.165) is 25.0 Å². The van der Waals surface area contributed by atoms with E-state index in [1.807, 2.05) is 13.8 Å². The summed E-state index contributed by atoms with van der Waals surface area (Å²) in [6, 6.07) is 3.49. The number of nitrogen functional groups attached to an aromatic ring is 1. The molecule has 1 saturated heterocycles. The lowest BCUT2D eigenvalue weighted by Crippen LogP contribution is -2.21. The van der Waals surface area contributed by atoms with Crippen LogP contribution in [0.2, 0.25) is 0 Å². The first-order valence-corrected chi connectivity index (χ1v) is 7.43. The highest BCUT2D eigenvalue weighted by atomic mass is 32.2. The van der Waals surface area contributed by atoms with Crippen molar-refractivity contribution in [3.05, 3.63) is 23.8 Å². The van der Waals surface area contributed by atoms with E-state index in [0.29, 0.717) is 10.6 Å². The highest BCUT2D eigenvalue weighted by Crippen LogP contribution is 2.36. The molecule has 1 heterocycles. The molecule has 0 aliphatic carbocycles. The molecule has 2 rings (SSSR count). The average molecular weight is 305 g/mol. The first-order valence-electron chi connectivity index (χ1n) is 6.45. The SMILES string of the molecule is CC1(C)CCC(CSc2ccc(C(F)(F)F)cc2N)O1. The van der Waals surface area contributed by atoms with E-state index in [1.54, 1.807) is 0 Å². The molecule has 0 radical (unpaired) electrons. The lowest BCUT2D eigenvalue weighted by molar-refractivity contribution is -0.137. The molecular weight excluding hydrogens is 287 g/mol. The second-order valence-electron chi connectivity index (χ2n) is 5.60. The van der Waals surface area contributed by atoms with Crippen molar-refractivity contribution >= 4 is 17.4 Å². The van der Waals surface area contributed by atoms with Crippen molar-refractivity contribution in [3.8, 4) is 0 Å². The second kappa shape index (κ2) is 5.48. The number of nitrogens with two attached hydrogens (primary N) is 1. The Kier molecular flexibility index (Phi) is 4.25. The van der Waals surface area contributed by atoms with Gasteiger partial charge < -0.3 is 10.5 Å². The van der Waals surface area contributed by atoms with E-state index >= 15 is 0 Å². The number of rotatable bonds is 3. The third kappa shape index (κ3) is 3.82. The molecule has 1 atom stereocenters. The molecule has 0 aromatic heterocycles. The fraction of sp³-hybridized carbons (Fsp3) is 0.571. The number of anilines is 1. The molecule has 1 aliphatic rings. The van der Waals surface area contributed by atoms with Crippen LogP contribution >= 0.6 is 11.8 Å². The first kappa shape index (κ1) is 15.5. The monoisotopic (exact) mass is 305 g/mol. The highest BCUT2D eigenvalue weighted by molar-refractivity contribution is 7.99. The van der Waals surface area contributed by atoms with Gasteiger partial charge in [0.15, 0.2) is 0 Å². The van der Waals surface area contributed by atoms with Crippen molar-refractivity contribution in [3.63, 3.8) is 0 Å². The Labute approximate surface area is 120 Å². The van der Waals surface area contributed by atoms with Gasteiger partial charge in [-0.1, -0.05) is 0 Å². The van der Waals surface area contributed by atoms with Gasteiger partial charge in [-0.2, -0.15) is 13.2 Å². The lowest BCUT2D eigenvalue weighted by Gasteiger charge is -2.19. The van der Waals surface area contributed by atoms with Gasteiger partial charge in [0.1, 0.15) is 0 Å². The molecule has 1 aliphatic heterocycles. The summed E-state index contributed by atoms with van der Waals surface area (Å²) < 4.78 is 43.4. The van der Waals surface area contributed by atoms with E-state index < -0.39 is 11.7 Å². The van der Waals surface area contributed by atoms with Gasteiger partial charge in [-0.15, -0.1) is 11.8 Å². The summed E-state index contributed by atoms with van der Waals surface area (Å²) in [5, 5.41) is 0. The minimum Gasteiger partial charge on any atom is -0.398 e. The van der Waals surface area contributed by atoms with Crippen LogP contribution in [0.3, 0.4) is 0 Å². The van der Waals surface area contributed by atoms with Crippen LogP contribution in [0.15, 0.2) is 23.1 Å². The molecule has 0 bridgehead atoms. The Morgan fingerprint density at radius 1 is 1.40 bits per heavy atom. The van der Waals surface area contributed by atoms with Crippen molar-refractivity contribution in [2.45, 2.75) is 49.5 Å². The number of hydrogen-bond acceptors (Lipinski definition) is 3. The van der Waals surface area contributed by atoms with E-state index in [-0.39, 0.29) is 17.4 Å². The quantitative estimate of drug-likeness (QED) is 0.666. The summed E-state index contributed by atoms with van der Waals surface area (Å²) in [5.74, 6) is 0.707. The van der Waals surface area contributed by atoms with Crippen LogP contribution in [0.4, 0.5) is 18.9 Å². The molecule has 1 unspecified atom stereocenters. The molecule has 0 saturated carbocycles. The molecule has 0 spiro atoms. The molecule has 2 N–H and O–H groups in total. The molecule has 2 nitrogen and oxygen atoms in total. The topological polar surface area (TPSA) is 35.2 Å². The molecule has 1 fully saturated rings. The van der Waals surface area contributed by atoms with Crippen LogP contribution < -0.4 is 5.73 Å². The Bertz CT molecular complexity index is 488. The van der Waals surface area contributed by atoms with Crippen LogP contribution in [0, 0.1) is 0 Å². The highest BCUT2D eigenvalue weighted by Gasteiger charge is 2.32. The van der Waals surface area contributed by atoms with E-state index in [4.69, 9.17) is 10.5 Å². The lowest BCUT2D eigenvalue weighted by atomic mass is 10.1. The van der Waals surface area contributed by atoms with Crippen LogP contribution in [0.1, 0.15) is 32.3 Å². The van der Waals surface area contributed by atoms with Gasteiger partial charge >= 0.3 is 6.18 Å². The second-order valence-corrected chi connectivity index (χ2v) is 6.66. The minimum absolute atomic E-state index is 0.100. The predicted octanol–water partition coefficient (Wildman–Crippen LogP) is 4.34. The summed E-state index contributed by atoms with van der Waals surface area (Å²) in [6.07, 6.45) is -2.24. The molecule has 6 heteroatoms. The van der Waals surface area contributed by atoms with Crippen molar-refractivity contribution in [1.29, 1.82) is 0 Å². The summed E-state index contributed by atoms with van der Waals surface area (Å²) in [7, 11) is 0. The Morgan fingerprint density at radius 3 is 2.60 bits per heavy atom. The van der Waals surface area contributed by atoms with Crippen LogP contribution in [0.5, 0.6) is 0 Å². The minimum atomic E-state index is -4.35. The van der Waals surface area contributed by atoms with Crippen LogP contribution in [0.25, 0.3) is 0 Å². The molecular formula is C14H18F3NOS. The Morgan fingerprint density at radius 2 is 2.10 bits per heavy atom. The summed E-state index contributed by atoms with van der Waals surface area (Å²) in [4.78, 5) is 0.673. The van der Waals surface area contributed by atoms with E-state index in [9.17, 15) is 13.2 Å². The maximum atomic E-state index is 12.5. The third-order valence-electron chi connectivity index (χ3n) is 3.32. The molecule has 0 amide bonds. The molecule has 112 valence electrons. The Balaban J connectivity index is 1.97. The van der Waals surface area contributed by atoms with Gasteiger partial charge in [0.25, 0.3) is 0 Å². The number of benzene rings is 1. The number of hydrogen-bond donors (Lipinski definition) is 1. The predicted molar refractivity (Wildman–Crippen MR) is 74.8 cm³/mol. The van der Waals surface area contributed by atoms with Gasteiger partial charge in [0.2, 0.25) is 0 Å². The number of ether oxygens (including phenoxy) is 1. The smallest absolute Gasteiger partial charge is 0.398 e. The van der Waals surface area contributed by atoms with Crippen molar-refractivity contribution in [2.24, 2.45) is 0 Å². The number of thioether (sulfide) groups is 1. The first-order chi connectivity index (χ1) is 9.17. The van der Waals surface area contributed by atoms with E-state index in [2.05, 4.69) is 0 Å². The van der Waals surface area contributed by atoms with Gasteiger partial charge in [0, 0.05) is 16.3 Å². The normalized spacial score (nSPS) is 22.1. The summed E-state index contributed by atoms with van der Waals surface area (Å²) in [5.41, 5.74) is 5.05. The molecule has 1 aromatic rings. The maximum Gasteiger partial charge on any atom is 0.416 e. The van der Waals surface area contributed by atoms with Crippen molar-refractivity contribution in [2.75, 3.05) is 11.5 Å². The van der Waals surface area contributed by atoms with Crippen LogP contribution in [-0.4, -0.2) is 17.5 Å². The number of halogens is 3. The summed E-state index contributed by atoms with van der Waals surface area (Å²) in [6.45, 7) is 4.09. The van der Waals surface area contributed by atoms with E-state index in [1.165, 1.54) is 17.8 Å². The van der Waals surface area contributed by atoms with Crippen molar-refractivity contribution in [1.82, 2.24) is 0 Å². The average Bonchev–Trinajstić information content (AvgIpc) is 2.66. The third-order valence-corrected chi connectivity index (χ3v) is 4.54. The Hall–Kier alpha value is -0.880. The van der Waals surface area contributed by atoms with Gasteiger partial charge in [-0.3, -0.25) is 0 Å². The van der Waals surface area contributed by atoms with Gasteiger partial charge in [0.05, 0.1) is 17.3 Å². The van der Waals surface area contributed by atoms with Gasteiger partial charge in [-0.05, 0) is 44.9 Å². The zero-order valence-electron chi connectivity index (χ0n) is 11.5.